The van der Waals surface area contributed by atoms with Gasteiger partial charge in [-0.2, -0.15) is 13.2 Å². The van der Waals surface area contributed by atoms with Crippen LogP contribution in [0.5, 0.6) is 5.75 Å². The Morgan fingerprint density at radius 1 is 1.35 bits per heavy atom. The third-order valence-corrected chi connectivity index (χ3v) is 4.22. The monoisotopic (exact) mass is 372 g/mol. The number of ether oxygens (including phenoxy) is 1. The summed E-state index contributed by atoms with van der Waals surface area (Å²) in [7, 11) is 0. The van der Waals surface area contributed by atoms with E-state index in [2.05, 4.69) is 5.32 Å². The summed E-state index contributed by atoms with van der Waals surface area (Å²) in [5, 5.41) is 2.79. The molecule has 1 fully saturated rings. The van der Waals surface area contributed by atoms with E-state index < -0.39 is 12.8 Å². The van der Waals surface area contributed by atoms with E-state index in [9.17, 15) is 22.8 Å². The molecule has 26 heavy (non-hydrogen) atoms. The molecular formula is C18H23F3N2O3. The lowest BCUT2D eigenvalue weighted by atomic mass is 9.96. The van der Waals surface area contributed by atoms with Crippen molar-refractivity contribution < 1.29 is 27.5 Å². The van der Waals surface area contributed by atoms with Gasteiger partial charge in [-0.05, 0) is 30.5 Å². The van der Waals surface area contributed by atoms with Gasteiger partial charge >= 0.3 is 6.18 Å². The van der Waals surface area contributed by atoms with Crippen molar-refractivity contribution in [1.29, 1.82) is 0 Å². The van der Waals surface area contributed by atoms with Crippen molar-refractivity contribution in [2.75, 3.05) is 19.7 Å². The maximum atomic E-state index is 12.3. The Kier molecular flexibility index (Phi) is 6.88. The van der Waals surface area contributed by atoms with Crippen molar-refractivity contribution in [3.05, 3.63) is 29.8 Å². The number of piperidine rings is 1. The van der Waals surface area contributed by atoms with Crippen LogP contribution < -0.4 is 10.1 Å². The van der Waals surface area contributed by atoms with Crippen molar-refractivity contribution in [3.8, 4) is 5.75 Å². The number of carbonyl (C=O) groups is 2. The van der Waals surface area contributed by atoms with E-state index in [4.69, 9.17) is 4.74 Å². The number of carbonyl (C=O) groups excluding carboxylic acids is 2. The molecule has 0 bridgehead atoms. The second kappa shape index (κ2) is 8.91. The summed E-state index contributed by atoms with van der Waals surface area (Å²) in [6, 6.07) is 6.19. The standard InChI is InChI=1S/C18H23F3N2O3/c1-2-16(24)23-8-4-6-14(11-23)17(25)22-10-13-5-3-7-15(9-13)26-12-18(19,20)21/h3,5,7,9,14H,2,4,6,8,10-12H2,1H3,(H,22,25)/t14-/m1/s1. The van der Waals surface area contributed by atoms with Gasteiger partial charge in [-0.15, -0.1) is 0 Å². The fraction of sp³-hybridized carbons (Fsp3) is 0.556. The Hall–Kier alpha value is -2.25. The number of rotatable bonds is 6. The van der Waals surface area contributed by atoms with E-state index in [0.717, 1.165) is 6.42 Å². The van der Waals surface area contributed by atoms with Crippen LogP contribution in [0.4, 0.5) is 13.2 Å². The van der Waals surface area contributed by atoms with E-state index in [0.29, 0.717) is 31.5 Å². The summed E-state index contributed by atoms with van der Waals surface area (Å²) < 4.78 is 41.3. The van der Waals surface area contributed by atoms with Crippen LogP contribution in [0.15, 0.2) is 24.3 Å². The topological polar surface area (TPSA) is 58.6 Å². The van der Waals surface area contributed by atoms with Crippen LogP contribution in [0, 0.1) is 5.92 Å². The third-order valence-electron chi connectivity index (χ3n) is 4.22. The predicted molar refractivity (Wildman–Crippen MR) is 89.4 cm³/mol. The molecule has 0 spiro atoms. The lowest BCUT2D eigenvalue weighted by Gasteiger charge is -2.31. The molecule has 1 aliphatic heterocycles. The van der Waals surface area contributed by atoms with Gasteiger partial charge in [0.15, 0.2) is 6.61 Å². The van der Waals surface area contributed by atoms with Gasteiger partial charge in [0.25, 0.3) is 0 Å². The molecule has 0 radical (unpaired) electrons. The van der Waals surface area contributed by atoms with Crippen LogP contribution in [-0.2, 0) is 16.1 Å². The van der Waals surface area contributed by atoms with Crippen LogP contribution in [0.1, 0.15) is 31.7 Å². The van der Waals surface area contributed by atoms with E-state index in [1.54, 1.807) is 24.0 Å². The number of nitrogens with zero attached hydrogens (tertiary/aromatic N) is 1. The Labute approximate surface area is 150 Å². The minimum atomic E-state index is -4.40. The molecule has 1 N–H and O–H groups in total. The molecule has 1 atom stereocenters. The van der Waals surface area contributed by atoms with Gasteiger partial charge in [-0.3, -0.25) is 9.59 Å². The molecule has 1 saturated heterocycles. The van der Waals surface area contributed by atoms with Crippen molar-refractivity contribution in [2.24, 2.45) is 5.92 Å². The molecule has 2 amide bonds. The van der Waals surface area contributed by atoms with E-state index in [1.165, 1.54) is 12.1 Å². The minimum absolute atomic E-state index is 0.0389. The van der Waals surface area contributed by atoms with Gasteiger partial charge in [0, 0.05) is 26.1 Å². The Bertz CT molecular complexity index is 634. The number of hydrogen-bond acceptors (Lipinski definition) is 3. The van der Waals surface area contributed by atoms with Crippen LogP contribution >= 0.6 is 0 Å². The number of hydrogen-bond donors (Lipinski definition) is 1. The van der Waals surface area contributed by atoms with Gasteiger partial charge < -0.3 is 15.0 Å². The van der Waals surface area contributed by atoms with Crippen molar-refractivity contribution in [2.45, 2.75) is 38.9 Å². The minimum Gasteiger partial charge on any atom is -0.484 e. The van der Waals surface area contributed by atoms with Gasteiger partial charge in [-0.1, -0.05) is 19.1 Å². The van der Waals surface area contributed by atoms with Gasteiger partial charge in [0.2, 0.25) is 11.8 Å². The summed E-state index contributed by atoms with van der Waals surface area (Å²) in [5.74, 6) is -0.271. The van der Waals surface area contributed by atoms with E-state index in [1.807, 2.05) is 0 Å². The largest absolute Gasteiger partial charge is 0.484 e. The summed E-state index contributed by atoms with van der Waals surface area (Å²) in [5.41, 5.74) is 0.648. The molecule has 8 heteroatoms. The van der Waals surface area contributed by atoms with Crippen molar-refractivity contribution in [3.63, 3.8) is 0 Å². The second-order valence-electron chi connectivity index (χ2n) is 6.30. The Balaban J connectivity index is 1.86. The molecule has 1 aromatic rings. The van der Waals surface area contributed by atoms with Gasteiger partial charge in [-0.25, -0.2) is 0 Å². The zero-order chi connectivity index (χ0) is 19.2. The average Bonchev–Trinajstić information content (AvgIpc) is 2.63. The number of amides is 2. The quantitative estimate of drug-likeness (QED) is 0.835. The first-order valence-electron chi connectivity index (χ1n) is 8.62. The van der Waals surface area contributed by atoms with Crippen LogP contribution in [0.3, 0.4) is 0 Å². The lowest BCUT2D eigenvalue weighted by molar-refractivity contribution is -0.153. The normalized spacial score (nSPS) is 17.7. The molecule has 0 aliphatic carbocycles. The highest BCUT2D eigenvalue weighted by Crippen LogP contribution is 2.20. The molecule has 5 nitrogen and oxygen atoms in total. The highest BCUT2D eigenvalue weighted by molar-refractivity contribution is 5.81. The zero-order valence-corrected chi connectivity index (χ0v) is 14.6. The van der Waals surface area contributed by atoms with Crippen LogP contribution in [0.2, 0.25) is 0 Å². The van der Waals surface area contributed by atoms with Crippen LogP contribution in [-0.4, -0.2) is 42.6 Å². The van der Waals surface area contributed by atoms with Gasteiger partial charge in [0.1, 0.15) is 5.75 Å². The summed E-state index contributed by atoms with van der Waals surface area (Å²) >= 11 is 0. The number of likely N-dealkylation sites (tertiary alicyclic amines) is 1. The number of benzene rings is 1. The molecule has 0 aromatic heterocycles. The maximum Gasteiger partial charge on any atom is 0.422 e. The predicted octanol–water partition coefficient (Wildman–Crippen LogP) is 2.89. The Morgan fingerprint density at radius 2 is 2.12 bits per heavy atom. The molecule has 0 saturated carbocycles. The Morgan fingerprint density at radius 3 is 2.81 bits per heavy atom. The molecule has 1 heterocycles. The number of halogens is 3. The summed E-state index contributed by atoms with van der Waals surface area (Å²) in [6.45, 7) is 1.72. The molecular weight excluding hydrogens is 349 g/mol. The van der Waals surface area contributed by atoms with Crippen LogP contribution in [0.25, 0.3) is 0 Å². The fourth-order valence-corrected chi connectivity index (χ4v) is 2.89. The second-order valence-corrected chi connectivity index (χ2v) is 6.30. The van der Waals surface area contributed by atoms with E-state index >= 15 is 0 Å². The first kappa shape index (κ1) is 20.1. The highest BCUT2D eigenvalue weighted by atomic mass is 19.4. The highest BCUT2D eigenvalue weighted by Gasteiger charge is 2.29. The van der Waals surface area contributed by atoms with Gasteiger partial charge in [0.05, 0.1) is 5.92 Å². The summed E-state index contributed by atoms with van der Waals surface area (Å²) in [6.07, 6.45) is -2.48. The number of nitrogens with one attached hydrogen (secondary N) is 1. The summed E-state index contributed by atoms with van der Waals surface area (Å²) in [4.78, 5) is 25.8. The molecule has 1 aromatic carbocycles. The van der Waals surface area contributed by atoms with Crippen molar-refractivity contribution >= 4 is 11.8 Å². The van der Waals surface area contributed by atoms with E-state index in [-0.39, 0.29) is 30.0 Å². The molecule has 2 rings (SSSR count). The lowest BCUT2D eigenvalue weighted by Crippen LogP contribution is -2.45. The SMILES string of the molecule is CCC(=O)N1CCC[C@@H](C(=O)NCc2cccc(OCC(F)(F)F)c2)C1. The smallest absolute Gasteiger partial charge is 0.422 e. The first-order valence-corrected chi connectivity index (χ1v) is 8.62. The third kappa shape index (κ3) is 6.24. The molecule has 0 unspecified atom stereocenters. The average molecular weight is 372 g/mol. The number of alkyl halides is 3. The molecule has 144 valence electrons. The zero-order valence-electron chi connectivity index (χ0n) is 14.6. The van der Waals surface area contributed by atoms with Crippen molar-refractivity contribution in [1.82, 2.24) is 10.2 Å². The fourth-order valence-electron chi connectivity index (χ4n) is 2.89. The maximum absolute atomic E-state index is 12.3. The first-order chi connectivity index (χ1) is 12.3. The molecule has 1 aliphatic rings.